The third kappa shape index (κ3) is 6.14. The molecule has 1 aliphatic carbocycles. The summed E-state index contributed by atoms with van der Waals surface area (Å²) in [6.45, 7) is 4.47. The van der Waals surface area contributed by atoms with Gasteiger partial charge in [-0.05, 0) is 60.7 Å². The summed E-state index contributed by atoms with van der Waals surface area (Å²) in [6, 6.07) is 12.8. The first-order valence-electron chi connectivity index (χ1n) is 15.0. The topological polar surface area (TPSA) is 110 Å². The van der Waals surface area contributed by atoms with E-state index in [1.807, 2.05) is 30.3 Å². The molecule has 1 N–H and O–H groups in total. The summed E-state index contributed by atoms with van der Waals surface area (Å²) in [5.74, 6) is 3.67. The Kier molecular flexibility index (Phi) is 9.51. The molecule has 0 aliphatic heterocycles. The zero-order valence-electron chi connectivity index (χ0n) is 27.1. The Hall–Kier alpha value is -4.73. The Morgan fingerprint density at radius 2 is 1.16 bits per heavy atom. The molecule has 1 saturated carbocycles. The van der Waals surface area contributed by atoms with E-state index in [9.17, 15) is 4.79 Å². The van der Waals surface area contributed by atoms with E-state index in [1.165, 1.54) is 6.42 Å². The van der Waals surface area contributed by atoms with Crippen LogP contribution in [0.1, 0.15) is 43.5 Å². The van der Waals surface area contributed by atoms with E-state index in [-0.39, 0.29) is 11.9 Å². The fourth-order valence-corrected chi connectivity index (χ4v) is 6.07. The summed E-state index contributed by atoms with van der Waals surface area (Å²) in [4.78, 5) is 23.6. The molecule has 0 spiro atoms. The fourth-order valence-electron chi connectivity index (χ4n) is 6.07. The fraction of sp³-hybridized carbons (Fsp3) is 0.400. The van der Waals surface area contributed by atoms with E-state index in [0.717, 1.165) is 12.8 Å². The highest BCUT2D eigenvalue weighted by Crippen LogP contribution is 2.45. The SMILES string of the molecule is COc1cc(-c2nc3ccc(C(=O)N[C@@H]4CCC[C@H](C)[C@@H]4C)cc3nc2-c2cc(OC)c(OC)c(OC)c2)cc(OC)c1OC. The highest BCUT2D eigenvalue weighted by atomic mass is 16.5. The number of carbonyl (C=O) groups is 1. The van der Waals surface area contributed by atoms with Gasteiger partial charge in [-0.25, -0.2) is 9.97 Å². The summed E-state index contributed by atoms with van der Waals surface area (Å²) < 4.78 is 33.7. The van der Waals surface area contributed by atoms with Gasteiger partial charge in [-0.2, -0.15) is 0 Å². The van der Waals surface area contributed by atoms with Crippen LogP contribution in [0, 0.1) is 11.8 Å². The molecule has 1 heterocycles. The molecule has 0 unspecified atom stereocenters. The minimum Gasteiger partial charge on any atom is -0.493 e. The van der Waals surface area contributed by atoms with Gasteiger partial charge in [0.05, 0.1) is 65.1 Å². The van der Waals surface area contributed by atoms with Crippen LogP contribution in [-0.2, 0) is 0 Å². The van der Waals surface area contributed by atoms with Gasteiger partial charge in [-0.15, -0.1) is 0 Å². The number of nitrogens with one attached hydrogen (secondary N) is 1. The number of ether oxygens (including phenoxy) is 6. The van der Waals surface area contributed by atoms with Gasteiger partial charge in [-0.3, -0.25) is 4.79 Å². The van der Waals surface area contributed by atoms with E-state index in [2.05, 4.69) is 19.2 Å². The van der Waals surface area contributed by atoms with Crippen molar-refractivity contribution in [1.82, 2.24) is 15.3 Å². The van der Waals surface area contributed by atoms with Crippen molar-refractivity contribution in [2.75, 3.05) is 42.7 Å². The summed E-state index contributed by atoms with van der Waals surface area (Å²) in [5.41, 5.74) is 4.14. The second-order valence-electron chi connectivity index (χ2n) is 11.3. The average molecular weight is 616 g/mol. The minimum absolute atomic E-state index is 0.118. The third-order valence-corrected chi connectivity index (χ3v) is 8.83. The van der Waals surface area contributed by atoms with Crippen molar-refractivity contribution in [3.8, 4) is 57.0 Å². The van der Waals surface area contributed by atoms with Gasteiger partial charge in [0.1, 0.15) is 0 Å². The Bertz CT molecular complexity index is 1660. The molecular weight excluding hydrogens is 574 g/mol. The van der Waals surface area contributed by atoms with Crippen molar-refractivity contribution in [3.05, 3.63) is 48.0 Å². The van der Waals surface area contributed by atoms with Crippen LogP contribution < -0.4 is 33.7 Å². The molecule has 10 nitrogen and oxygen atoms in total. The zero-order chi connectivity index (χ0) is 32.2. The first kappa shape index (κ1) is 31.7. The Morgan fingerprint density at radius 3 is 1.62 bits per heavy atom. The number of fused-ring (bicyclic) bond motifs is 1. The smallest absolute Gasteiger partial charge is 0.251 e. The Labute approximate surface area is 264 Å². The standard InChI is InChI=1S/C35H41N3O7/c1-19-10-9-11-24(20(19)2)38-35(39)21-12-13-25-26(14-21)37-32(23-17-29(42-5)34(45-8)30(18-23)43-6)31(36-25)22-15-27(40-3)33(44-7)28(16-22)41-4/h12-20,24H,9-11H2,1-8H3,(H,38,39)/t19-,20-,24+/m0/s1. The molecule has 0 saturated heterocycles. The molecule has 0 radical (unpaired) electrons. The quantitative estimate of drug-likeness (QED) is 0.212. The number of aromatic nitrogens is 2. The molecule has 1 amide bonds. The average Bonchev–Trinajstić information content (AvgIpc) is 3.07. The lowest BCUT2D eigenvalue weighted by atomic mass is 9.78. The van der Waals surface area contributed by atoms with Gasteiger partial charge in [-0.1, -0.05) is 26.7 Å². The summed E-state index contributed by atoms with van der Waals surface area (Å²) in [5, 5.41) is 3.27. The van der Waals surface area contributed by atoms with Gasteiger partial charge in [0.2, 0.25) is 11.5 Å². The predicted molar refractivity (Wildman–Crippen MR) is 173 cm³/mol. The van der Waals surface area contributed by atoms with Gasteiger partial charge >= 0.3 is 0 Å². The highest BCUT2D eigenvalue weighted by molar-refractivity contribution is 5.98. The molecule has 1 aliphatic rings. The number of nitrogens with zero attached hydrogens (tertiary/aromatic N) is 2. The maximum absolute atomic E-state index is 13.4. The molecule has 3 aromatic carbocycles. The maximum Gasteiger partial charge on any atom is 0.251 e. The van der Waals surface area contributed by atoms with E-state index in [4.69, 9.17) is 38.4 Å². The lowest BCUT2D eigenvalue weighted by molar-refractivity contribution is 0.0891. The lowest BCUT2D eigenvalue weighted by Gasteiger charge is -2.34. The molecule has 0 bridgehead atoms. The van der Waals surface area contributed by atoms with Crippen molar-refractivity contribution in [2.24, 2.45) is 11.8 Å². The predicted octanol–water partition coefficient (Wildman–Crippen LogP) is 6.57. The molecule has 238 valence electrons. The molecular formula is C35H41N3O7. The number of carbonyl (C=O) groups excluding carboxylic acids is 1. The van der Waals surface area contributed by atoms with Crippen LogP contribution in [0.4, 0.5) is 0 Å². The van der Waals surface area contributed by atoms with Crippen LogP contribution in [0.3, 0.4) is 0 Å². The lowest BCUT2D eigenvalue weighted by Crippen LogP contribution is -2.43. The van der Waals surface area contributed by atoms with Crippen LogP contribution in [0.25, 0.3) is 33.5 Å². The second-order valence-corrected chi connectivity index (χ2v) is 11.3. The second kappa shape index (κ2) is 13.5. The number of benzene rings is 3. The number of hydrogen-bond acceptors (Lipinski definition) is 9. The van der Waals surface area contributed by atoms with Gasteiger partial charge < -0.3 is 33.7 Å². The number of amides is 1. The van der Waals surface area contributed by atoms with E-state index < -0.39 is 0 Å². The molecule has 5 rings (SSSR count). The van der Waals surface area contributed by atoms with Gasteiger partial charge in [0.15, 0.2) is 23.0 Å². The minimum atomic E-state index is -0.118. The van der Waals surface area contributed by atoms with E-state index in [1.54, 1.807) is 54.8 Å². The van der Waals surface area contributed by atoms with Crippen molar-refractivity contribution < 1.29 is 33.2 Å². The van der Waals surface area contributed by atoms with E-state index in [0.29, 0.717) is 85.4 Å². The van der Waals surface area contributed by atoms with Crippen LogP contribution in [0.5, 0.6) is 34.5 Å². The van der Waals surface area contributed by atoms with Crippen molar-refractivity contribution in [2.45, 2.75) is 39.2 Å². The highest BCUT2D eigenvalue weighted by Gasteiger charge is 2.29. The summed E-state index contributed by atoms with van der Waals surface area (Å²) >= 11 is 0. The van der Waals surface area contributed by atoms with Crippen LogP contribution in [-0.4, -0.2) is 64.6 Å². The van der Waals surface area contributed by atoms with E-state index >= 15 is 0 Å². The van der Waals surface area contributed by atoms with Crippen LogP contribution >= 0.6 is 0 Å². The molecule has 1 aromatic heterocycles. The first-order valence-corrected chi connectivity index (χ1v) is 15.0. The molecule has 4 aromatic rings. The maximum atomic E-state index is 13.4. The van der Waals surface area contributed by atoms with Crippen molar-refractivity contribution >= 4 is 16.9 Å². The summed E-state index contributed by atoms with van der Waals surface area (Å²) in [6.07, 6.45) is 3.28. The molecule has 45 heavy (non-hydrogen) atoms. The largest absolute Gasteiger partial charge is 0.493 e. The normalized spacial score (nSPS) is 17.8. The molecule has 1 fully saturated rings. The molecule has 10 heteroatoms. The van der Waals surface area contributed by atoms with Crippen LogP contribution in [0.15, 0.2) is 42.5 Å². The van der Waals surface area contributed by atoms with Crippen LogP contribution in [0.2, 0.25) is 0 Å². The van der Waals surface area contributed by atoms with Gasteiger partial charge in [0.25, 0.3) is 5.91 Å². The summed E-state index contributed by atoms with van der Waals surface area (Å²) in [7, 11) is 9.36. The first-order chi connectivity index (χ1) is 21.8. The number of rotatable bonds is 10. The van der Waals surface area contributed by atoms with Crippen molar-refractivity contribution in [3.63, 3.8) is 0 Å². The number of hydrogen-bond donors (Lipinski definition) is 1. The van der Waals surface area contributed by atoms with Gasteiger partial charge in [0, 0.05) is 22.7 Å². The Morgan fingerprint density at radius 1 is 0.667 bits per heavy atom. The zero-order valence-corrected chi connectivity index (χ0v) is 27.1. The third-order valence-electron chi connectivity index (χ3n) is 8.83. The Balaban J connectivity index is 1.69. The van der Waals surface area contributed by atoms with Crippen molar-refractivity contribution in [1.29, 1.82) is 0 Å². The number of methoxy groups -OCH3 is 6. The monoisotopic (exact) mass is 615 g/mol. The molecule has 3 atom stereocenters.